The van der Waals surface area contributed by atoms with E-state index in [1.54, 1.807) is 13.2 Å². The molecule has 0 radical (unpaired) electrons. The number of carboxylic acid groups (broad SMARTS) is 1. The van der Waals surface area contributed by atoms with Gasteiger partial charge in [-0.05, 0) is 44.1 Å². The molecule has 0 aliphatic carbocycles. The number of piperidine rings is 1. The van der Waals surface area contributed by atoms with Gasteiger partial charge in [0.05, 0.1) is 23.0 Å². The van der Waals surface area contributed by atoms with Crippen LogP contribution in [0, 0.1) is 5.82 Å². The molecule has 0 unspecified atom stereocenters. The van der Waals surface area contributed by atoms with E-state index in [0.717, 1.165) is 31.3 Å². The topological polar surface area (TPSA) is 106 Å². The molecule has 1 aliphatic rings. The third-order valence-electron chi connectivity index (χ3n) is 4.92. The van der Waals surface area contributed by atoms with Crippen molar-refractivity contribution in [3.8, 4) is 11.5 Å². The molecule has 0 saturated carbocycles. The quantitative estimate of drug-likeness (QED) is 0.410. The lowest BCUT2D eigenvalue weighted by Gasteiger charge is -2.25. The molecule has 1 fully saturated rings. The van der Waals surface area contributed by atoms with Gasteiger partial charge in [-0.1, -0.05) is 11.6 Å². The van der Waals surface area contributed by atoms with Crippen LogP contribution in [0.25, 0.3) is 10.9 Å². The van der Waals surface area contributed by atoms with Gasteiger partial charge in [0.1, 0.15) is 35.6 Å². The highest BCUT2D eigenvalue weighted by molar-refractivity contribution is 6.31. The SMILES string of the molecule is COc1cc(OC2CCNCC2)c2c(Nc3ccc(F)c(Cl)c3)ncnc2c1.O=C(O)C(F)(F)F. The zero-order valence-electron chi connectivity index (χ0n) is 18.3. The normalized spacial score (nSPS) is 14.1. The number of nitrogens with zero attached hydrogens (tertiary/aromatic N) is 2. The molecule has 0 amide bonds. The summed E-state index contributed by atoms with van der Waals surface area (Å²) in [6.07, 6.45) is -1.68. The van der Waals surface area contributed by atoms with Crippen molar-refractivity contribution >= 4 is 40.0 Å². The summed E-state index contributed by atoms with van der Waals surface area (Å²) in [5.74, 6) is -1.37. The maximum Gasteiger partial charge on any atom is 0.490 e. The van der Waals surface area contributed by atoms with Gasteiger partial charge in [-0.15, -0.1) is 0 Å². The smallest absolute Gasteiger partial charge is 0.490 e. The van der Waals surface area contributed by atoms with Gasteiger partial charge in [0.15, 0.2) is 0 Å². The third kappa shape index (κ3) is 7.06. The zero-order chi connectivity index (χ0) is 25.6. The molecule has 0 atom stereocenters. The second-order valence-electron chi connectivity index (χ2n) is 7.37. The van der Waals surface area contributed by atoms with Crippen LogP contribution >= 0.6 is 11.6 Å². The molecular formula is C22H21ClF4N4O4. The van der Waals surface area contributed by atoms with Crippen LogP contribution in [-0.2, 0) is 4.79 Å². The number of carboxylic acids is 1. The van der Waals surface area contributed by atoms with E-state index in [1.165, 1.54) is 18.5 Å². The van der Waals surface area contributed by atoms with Crippen molar-refractivity contribution in [1.29, 1.82) is 0 Å². The van der Waals surface area contributed by atoms with E-state index < -0.39 is 18.0 Å². The third-order valence-corrected chi connectivity index (χ3v) is 5.21. The fourth-order valence-corrected chi connectivity index (χ4v) is 3.42. The number of anilines is 2. The molecule has 1 saturated heterocycles. The number of alkyl halides is 3. The fraction of sp³-hybridized carbons (Fsp3) is 0.318. The maximum absolute atomic E-state index is 13.5. The molecule has 0 bridgehead atoms. The highest BCUT2D eigenvalue weighted by atomic mass is 35.5. The van der Waals surface area contributed by atoms with E-state index in [0.29, 0.717) is 28.5 Å². The number of fused-ring (bicyclic) bond motifs is 1. The van der Waals surface area contributed by atoms with E-state index in [1.807, 2.05) is 12.1 Å². The van der Waals surface area contributed by atoms with Crippen molar-refractivity contribution in [2.45, 2.75) is 25.1 Å². The molecule has 2 aromatic carbocycles. The fourth-order valence-electron chi connectivity index (χ4n) is 3.24. The lowest BCUT2D eigenvalue weighted by atomic mass is 10.1. The zero-order valence-corrected chi connectivity index (χ0v) is 19.1. The van der Waals surface area contributed by atoms with Crippen LogP contribution in [0.1, 0.15) is 12.8 Å². The van der Waals surface area contributed by atoms with E-state index >= 15 is 0 Å². The van der Waals surface area contributed by atoms with Gasteiger partial charge in [-0.2, -0.15) is 13.2 Å². The van der Waals surface area contributed by atoms with Crippen molar-refractivity contribution in [3.05, 3.63) is 47.5 Å². The number of benzene rings is 2. The van der Waals surface area contributed by atoms with E-state index in [9.17, 15) is 17.6 Å². The molecule has 4 rings (SSSR count). The predicted molar refractivity (Wildman–Crippen MR) is 121 cm³/mol. The van der Waals surface area contributed by atoms with E-state index in [-0.39, 0.29) is 11.1 Å². The Hall–Kier alpha value is -3.38. The average Bonchev–Trinajstić information content (AvgIpc) is 2.82. The van der Waals surface area contributed by atoms with Crippen LogP contribution in [0.4, 0.5) is 29.1 Å². The first-order chi connectivity index (χ1) is 16.6. The largest absolute Gasteiger partial charge is 0.497 e. The van der Waals surface area contributed by atoms with Crippen LogP contribution in [0.15, 0.2) is 36.7 Å². The van der Waals surface area contributed by atoms with Crippen LogP contribution in [0.5, 0.6) is 11.5 Å². The molecule has 0 spiro atoms. The van der Waals surface area contributed by atoms with Crippen molar-refractivity contribution in [2.75, 3.05) is 25.5 Å². The minimum atomic E-state index is -5.08. The number of aliphatic carboxylic acids is 1. The summed E-state index contributed by atoms with van der Waals surface area (Å²) in [6, 6.07) is 8.10. The summed E-state index contributed by atoms with van der Waals surface area (Å²) in [7, 11) is 1.61. The van der Waals surface area contributed by atoms with Gasteiger partial charge in [-0.3, -0.25) is 0 Å². The average molecular weight is 517 g/mol. The molecule has 188 valence electrons. The van der Waals surface area contributed by atoms with Crippen molar-refractivity contribution in [1.82, 2.24) is 15.3 Å². The molecule has 8 nitrogen and oxygen atoms in total. The Balaban J connectivity index is 0.000000429. The van der Waals surface area contributed by atoms with Crippen LogP contribution in [0.2, 0.25) is 5.02 Å². The van der Waals surface area contributed by atoms with Gasteiger partial charge in [0.25, 0.3) is 0 Å². The minimum absolute atomic E-state index is 0.0382. The molecule has 13 heteroatoms. The first-order valence-corrected chi connectivity index (χ1v) is 10.7. The van der Waals surface area contributed by atoms with Crippen LogP contribution < -0.4 is 20.1 Å². The second kappa shape index (κ2) is 11.4. The standard InChI is InChI=1S/C20H20ClFN4O2.C2HF3O2/c1-27-14-9-17-19(18(10-14)28-13-4-6-23-7-5-13)20(25-11-24-17)26-12-2-3-16(22)15(21)8-12;3-2(4,5)1(6)7/h2-3,8-11,13,23H,4-7H2,1H3,(H,24,25,26);(H,6,7). The number of halogens is 5. The Morgan fingerprint density at radius 1 is 1.20 bits per heavy atom. The summed E-state index contributed by atoms with van der Waals surface area (Å²) in [5, 5.41) is 14.4. The summed E-state index contributed by atoms with van der Waals surface area (Å²) in [4.78, 5) is 17.6. The number of hydrogen-bond donors (Lipinski definition) is 3. The van der Waals surface area contributed by atoms with Gasteiger partial charge >= 0.3 is 12.1 Å². The van der Waals surface area contributed by atoms with Gasteiger partial charge in [-0.25, -0.2) is 19.2 Å². The molecule has 1 aromatic heterocycles. The monoisotopic (exact) mass is 516 g/mol. The minimum Gasteiger partial charge on any atom is -0.497 e. The lowest BCUT2D eigenvalue weighted by molar-refractivity contribution is -0.192. The highest BCUT2D eigenvalue weighted by Gasteiger charge is 2.38. The van der Waals surface area contributed by atoms with Crippen LogP contribution in [0.3, 0.4) is 0 Å². The van der Waals surface area contributed by atoms with E-state index in [4.69, 9.17) is 31.0 Å². The number of methoxy groups -OCH3 is 1. The number of aromatic nitrogens is 2. The Morgan fingerprint density at radius 3 is 2.49 bits per heavy atom. The highest BCUT2D eigenvalue weighted by Crippen LogP contribution is 2.36. The van der Waals surface area contributed by atoms with Crippen LogP contribution in [-0.4, -0.2) is 53.5 Å². The molecule has 35 heavy (non-hydrogen) atoms. The molecule has 3 aromatic rings. The molecule has 3 N–H and O–H groups in total. The molecule has 2 heterocycles. The first kappa shape index (κ1) is 26.2. The summed E-state index contributed by atoms with van der Waals surface area (Å²) < 4.78 is 56.9. The number of hydrogen-bond acceptors (Lipinski definition) is 7. The molecular weight excluding hydrogens is 496 g/mol. The summed E-state index contributed by atoms with van der Waals surface area (Å²) in [5.41, 5.74) is 1.31. The van der Waals surface area contributed by atoms with Crippen molar-refractivity contribution < 1.29 is 36.9 Å². The Morgan fingerprint density at radius 2 is 1.89 bits per heavy atom. The van der Waals surface area contributed by atoms with Crippen molar-refractivity contribution in [3.63, 3.8) is 0 Å². The van der Waals surface area contributed by atoms with E-state index in [2.05, 4.69) is 20.6 Å². The second-order valence-corrected chi connectivity index (χ2v) is 7.77. The first-order valence-electron chi connectivity index (χ1n) is 10.3. The summed E-state index contributed by atoms with van der Waals surface area (Å²) in [6.45, 7) is 1.84. The predicted octanol–water partition coefficient (Wildman–Crippen LogP) is 4.94. The summed E-state index contributed by atoms with van der Waals surface area (Å²) >= 11 is 5.90. The van der Waals surface area contributed by atoms with Gasteiger partial charge < -0.3 is 25.2 Å². The number of ether oxygens (including phenoxy) is 2. The lowest BCUT2D eigenvalue weighted by Crippen LogP contribution is -2.34. The number of carbonyl (C=O) groups is 1. The molecule has 1 aliphatic heterocycles. The Kier molecular flexibility index (Phi) is 8.52. The number of rotatable bonds is 5. The van der Waals surface area contributed by atoms with Gasteiger partial charge in [0.2, 0.25) is 0 Å². The Bertz CT molecular complexity index is 1190. The Labute approximate surface area is 202 Å². The number of nitrogens with one attached hydrogen (secondary N) is 2. The maximum atomic E-state index is 13.5. The van der Waals surface area contributed by atoms with Gasteiger partial charge in [0, 0.05) is 17.8 Å². The van der Waals surface area contributed by atoms with Crippen molar-refractivity contribution in [2.24, 2.45) is 0 Å².